The zero-order chi connectivity index (χ0) is 17.4. The molecule has 0 bridgehead atoms. The molecule has 0 radical (unpaired) electrons. The molecule has 128 valence electrons. The Balaban J connectivity index is 2.02. The van der Waals surface area contributed by atoms with Crippen LogP contribution in [-0.4, -0.2) is 25.1 Å². The van der Waals surface area contributed by atoms with Crippen molar-refractivity contribution in [3.8, 4) is 0 Å². The number of hydrogen-bond acceptors (Lipinski definition) is 2. The molecule has 1 unspecified atom stereocenters. The average molecular weight is 343 g/mol. The van der Waals surface area contributed by atoms with Crippen LogP contribution in [0.3, 0.4) is 0 Å². The van der Waals surface area contributed by atoms with Crippen molar-refractivity contribution in [2.45, 2.75) is 40.8 Å². The van der Waals surface area contributed by atoms with E-state index in [2.05, 4.69) is 74.8 Å². The van der Waals surface area contributed by atoms with Gasteiger partial charge in [0.1, 0.15) is 6.17 Å². The number of benzene rings is 2. The maximum absolute atomic E-state index is 6.45. The Morgan fingerprint density at radius 1 is 0.833 bits per heavy atom. The fourth-order valence-corrected chi connectivity index (χ4v) is 4.59. The molecule has 3 heteroatoms. The van der Waals surface area contributed by atoms with Crippen LogP contribution in [0.15, 0.2) is 30.3 Å². The summed E-state index contributed by atoms with van der Waals surface area (Å²) >= 11 is 6.45. The molecule has 1 aliphatic heterocycles. The standard InChI is InChI=1S/C21H27ClN2/c1-14-11-17(4)21(18(5)12-14)24-10-9-23(19(24)13-22)20-15(2)7-6-8-16(20)3/h6-8,11-12,19H,9-10,13H2,1-5H3. The highest BCUT2D eigenvalue weighted by Gasteiger charge is 2.34. The van der Waals surface area contributed by atoms with Gasteiger partial charge in [-0.25, -0.2) is 0 Å². The topological polar surface area (TPSA) is 6.48 Å². The van der Waals surface area contributed by atoms with Gasteiger partial charge in [-0.3, -0.25) is 0 Å². The van der Waals surface area contributed by atoms with E-state index >= 15 is 0 Å². The van der Waals surface area contributed by atoms with Gasteiger partial charge in [0.2, 0.25) is 0 Å². The molecule has 2 aromatic rings. The predicted octanol–water partition coefficient (Wildman–Crippen LogP) is 5.12. The van der Waals surface area contributed by atoms with Crippen LogP contribution in [-0.2, 0) is 0 Å². The maximum atomic E-state index is 6.45. The lowest BCUT2D eigenvalue weighted by atomic mass is 10.0. The van der Waals surface area contributed by atoms with Crippen molar-refractivity contribution in [2.75, 3.05) is 28.8 Å². The quantitative estimate of drug-likeness (QED) is 0.714. The Morgan fingerprint density at radius 3 is 1.75 bits per heavy atom. The minimum atomic E-state index is 0.201. The number of anilines is 2. The fourth-order valence-electron chi connectivity index (χ4n) is 4.25. The molecule has 1 aliphatic rings. The van der Waals surface area contributed by atoms with E-state index in [1.807, 2.05) is 0 Å². The number of halogens is 1. The van der Waals surface area contributed by atoms with Crippen molar-refractivity contribution in [1.29, 1.82) is 0 Å². The summed E-state index contributed by atoms with van der Waals surface area (Å²) < 4.78 is 0. The van der Waals surface area contributed by atoms with Gasteiger partial charge >= 0.3 is 0 Å². The second-order valence-electron chi connectivity index (χ2n) is 7.01. The van der Waals surface area contributed by atoms with E-state index in [0.29, 0.717) is 5.88 Å². The number of nitrogens with zero attached hydrogens (tertiary/aromatic N) is 2. The van der Waals surface area contributed by atoms with E-state index in [1.54, 1.807) is 0 Å². The first-order valence-corrected chi connectivity index (χ1v) is 9.20. The number of alkyl halides is 1. The van der Waals surface area contributed by atoms with Crippen LogP contribution in [0.5, 0.6) is 0 Å². The van der Waals surface area contributed by atoms with Gasteiger partial charge in [-0.1, -0.05) is 35.9 Å². The van der Waals surface area contributed by atoms with Crippen molar-refractivity contribution in [1.82, 2.24) is 0 Å². The normalized spacial score (nSPS) is 17.7. The summed E-state index contributed by atoms with van der Waals surface area (Å²) in [6.07, 6.45) is 0.201. The van der Waals surface area contributed by atoms with Crippen molar-refractivity contribution < 1.29 is 0 Å². The third-order valence-corrected chi connectivity index (χ3v) is 5.36. The van der Waals surface area contributed by atoms with E-state index in [4.69, 9.17) is 11.6 Å². The second-order valence-corrected chi connectivity index (χ2v) is 7.32. The lowest BCUT2D eigenvalue weighted by molar-refractivity contribution is 0.732. The minimum absolute atomic E-state index is 0.201. The van der Waals surface area contributed by atoms with E-state index < -0.39 is 0 Å². The van der Waals surface area contributed by atoms with Crippen molar-refractivity contribution in [3.05, 3.63) is 58.1 Å². The van der Waals surface area contributed by atoms with Crippen LogP contribution in [0.1, 0.15) is 27.8 Å². The maximum Gasteiger partial charge on any atom is 0.115 e. The number of aryl methyl sites for hydroxylation is 5. The molecule has 0 N–H and O–H groups in total. The lowest BCUT2D eigenvalue weighted by Gasteiger charge is -2.34. The summed E-state index contributed by atoms with van der Waals surface area (Å²) in [6, 6.07) is 11.1. The lowest BCUT2D eigenvalue weighted by Crippen LogP contribution is -2.41. The molecule has 0 amide bonds. The predicted molar refractivity (Wildman–Crippen MR) is 106 cm³/mol. The van der Waals surface area contributed by atoms with Gasteiger partial charge in [0.05, 0.1) is 5.88 Å². The third-order valence-electron chi connectivity index (χ3n) is 5.09. The Hall–Kier alpha value is -1.67. The smallest absolute Gasteiger partial charge is 0.115 e. The molecular formula is C21H27ClN2. The average Bonchev–Trinajstić information content (AvgIpc) is 2.89. The van der Waals surface area contributed by atoms with E-state index in [1.165, 1.54) is 39.2 Å². The SMILES string of the molecule is Cc1cc(C)c(N2CCN(c3c(C)cccc3C)C2CCl)c(C)c1. The fraction of sp³-hybridized carbons (Fsp3) is 0.429. The summed E-state index contributed by atoms with van der Waals surface area (Å²) in [5.41, 5.74) is 9.33. The molecule has 24 heavy (non-hydrogen) atoms. The van der Waals surface area contributed by atoms with Crippen LogP contribution in [0.4, 0.5) is 11.4 Å². The molecule has 1 heterocycles. The van der Waals surface area contributed by atoms with Crippen LogP contribution in [0.2, 0.25) is 0 Å². The molecule has 1 saturated heterocycles. The highest BCUT2D eigenvalue weighted by Crippen LogP contribution is 2.36. The van der Waals surface area contributed by atoms with Gasteiger partial charge in [-0.2, -0.15) is 0 Å². The van der Waals surface area contributed by atoms with Crippen LogP contribution in [0.25, 0.3) is 0 Å². The summed E-state index contributed by atoms with van der Waals surface area (Å²) in [5.74, 6) is 0.598. The van der Waals surface area contributed by atoms with E-state index in [9.17, 15) is 0 Å². The highest BCUT2D eigenvalue weighted by atomic mass is 35.5. The van der Waals surface area contributed by atoms with Gasteiger partial charge in [-0.05, 0) is 56.9 Å². The molecule has 2 aromatic carbocycles. The molecule has 1 atom stereocenters. The Morgan fingerprint density at radius 2 is 1.29 bits per heavy atom. The van der Waals surface area contributed by atoms with Gasteiger partial charge in [-0.15, -0.1) is 11.6 Å². The zero-order valence-electron chi connectivity index (χ0n) is 15.4. The highest BCUT2D eigenvalue weighted by molar-refractivity contribution is 6.18. The van der Waals surface area contributed by atoms with Crippen LogP contribution >= 0.6 is 11.6 Å². The summed E-state index contributed by atoms with van der Waals surface area (Å²) in [7, 11) is 0. The monoisotopic (exact) mass is 342 g/mol. The summed E-state index contributed by atoms with van der Waals surface area (Å²) in [4.78, 5) is 4.97. The Labute approximate surface area is 151 Å². The molecule has 0 aromatic heterocycles. The first kappa shape index (κ1) is 17.2. The molecule has 0 spiro atoms. The van der Waals surface area contributed by atoms with Crippen LogP contribution < -0.4 is 9.80 Å². The molecule has 3 rings (SSSR count). The largest absolute Gasteiger partial charge is 0.348 e. The Bertz CT molecular complexity index is 710. The molecule has 1 fully saturated rings. The minimum Gasteiger partial charge on any atom is -0.348 e. The van der Waals surface area contributed by atoms with E-state index in [-0.39, 0.29) is 6.17 Å². The third kappa shape index (κ3) is 2.88. The number of rotatable bonds is 3. The second kappa shape index (κ2) is 6.68. The number of hydrogen-bond donors (Lipinski definition) is 0. The van der Waals surface area contributed by atoms with Crippen LogP contribution in [0, 0.1) is 34.6 Å². The van der Waals surface area contributed by atoms with Crippen molar-refractivity contribution in [2.24, 2.45) is 0 Å². The van der Waals surface area contributed by atoms with E-state index in [0.717, 1.165) is 13.1 Å². The van der Waals surface area contributed by atoms with Crippen molar-refractivity contribution >= 4 is 23.0 Å². The molecular weight excluding hydrogens is 316 g/mol. The van der Waals surface area contributed by atoms with Gasteiger partial charge < -0.3 is 9.80 Å². The molecule has 2 nitrogen and oxygen atoms in total. The van der Waals surface area contributed by atoms with Gasteiger partial charge in [0.15, 0.2) is 0 Å². The van der Waals surface area contributed by atoms with Gasteiger partial charge in [0.25, 0.3) is 0 Å². The van der Waals surface area contributed by atoms with Gasteiger partial charge in [0, 0.05) is 24.5 Å². The Kier molecular flexibility index (Phi) is 4.78. The molecule has 0 saturated carbocycles. The summed E-state index contributed by atoms with van der Waals surface area (Å²) in [6.45, 7) is 13.0. The molecule has 0 aliphatic carbocycles. The first-order chi connectivity index (χ1) is 11.4. The zero-order valence-corrected chi connectivity index (χ0v) is 16.1. The number of para-hydroxylation sites is 1. The first-order valence-electron chi connectivity index (χ1n) is 8.67. The van der Waals surface area contributed by atoms with Crippen molar-refractivity contribution in [3.63, 3.8) is 0 Å². The summed E-state index contributed by atoms with van der Waals surface area (Å²) in [5, 5.41) is 0.